The maximum atomic E-state index is 13.2. The highest BCUT2D eigenvalue weighted by atomic mass is 79.9. The van der Waals surface area contributed by atoms with Crippen LogP contribution in [0.15, 0.2) is 22.7 Å². The number of hydrogen-bond donors (Lipinski definition) is 1. The number of aryl methyl sites for hydroxylation is 1. The van der Waals surface area contributed by atoms with Gasteiger partial charge in [0.15, 0.2) is 0 Å². The molecule has 0 aliphatic rings. The van der Waals surface area contributed by atoms with Crippen molar-refractivity contribution < 1.29 is 4.39 Å². The van der Waals surface area contributed by atoms with Crippen molar-refractivity contribution in [2.75, 3.05) is 5.32 Å². The van der Waals surface area contributed by atoms with Gasteiger partial charge in [0.25, 0.3) is 0 Å². The Kier molecular flexibility index (Phi) is 4.37. The minimum absolute atomic E-state index is 0.270. The first-order valence-corrected chi connectivity index (χ1v) is 6.83. The van der Waals surface area contributed by atoms with Gasteiger partial charge in [0, 0.05) is 16.6 Å². The summed E-state index contributed by atoms with van der Waals surface area (Å²) in [7, 11) is 0. The van der Waals surface area contributed by atoms with E-state index in [0.717, 1.165) is 15.6 Å². The van der Waals surface area contributed by atoms with Crippen LogP contribution >= 0.6 is 27.5 Å². The van der Waals surface area contributed by atoms with Gasteiger partial charge < -0.3 is 5.32 Å². The maximum absolute atomic E-state index is 13.2. The summed E-state index contributed by atoms with van der Waals surface area (Å²) in [4.78, 5) is 8.35. The van der Waals surface area contributed by atoms with Crippen LogP contribution in [0, 0.1) is 19.7 Å². The second-order valence-corrected chi connectivity index (χ2v) is 5.34. The second-order valence-electron chi connectivity index (χ2n) is 4.12. The van der Waals surface area contributed by atoms with Crippen LogP contribution in [0.2, 0.25) is 5.15 Å². The Balaban J connectivity index is 2.21. The highest BCUT2D eigenvalue weighted by Crippen LogP contribution is 2.22. The number of rotatable bonds is 3. The van der Waals surface area contributed by atoms with Gasteiger partial charge in [-0.3, -0.25) is 0 Å². The minimum atomic E-state index is -0.270. The molecule has 2 rings (SSSR count). The summed E-state index contributed by atoms with van der Waals surface area (Å²) in [6.07, 6.45) is 0. The van der Waals surface area contributed by atoms with Gasteiger partial charge >= 0.3 is 0 Å². The van der Waals surface area contributed by atoms with E-state index in [1.807, 2.05) is 6.92 Å². The first-order valence-electron chi connectivity index (χ1n) is 5.66. The lowest BCUT2D eigenvalue weighted by Crippen LogP contribution is -2.06. The summed E-state index contributed by atoms with van der Waals surface area (Å²) in [6, 6.07) is 4.56. The number of benzene rings is 1. The molecule has 3 nitrogen and oxygen atoms in total. The quantitative estimate of drug-likeness (QED) is 0.845. The fraction of sp³-hybridized carbons (Fsp3) is 0.231. The van der Waals surface area contributed by atoms with Crippen molar-refractivity contribution in [1.29, 1.82) is 0 Å². The van der Waals surface area contributed by atoms with Gasteiger partial charge in [-0.2, -0.15) is 0 Å². The van der Waals surface area contributed by atoms with Crippen molar-refractivity contribution in [3.05, 3.63) is 50.6 Å². The molecule has 0 radical (unpaired) electrons. The van der Waals surface area contributed by atoms with Crippen molar-refractivity contribution in [3.63, 3.8) is 0 Å². The third-order valence-electron chi connectivity index (χ3n) is 2.65. The normalized spacial score (nSPS) is 10.6. The summed E-state index contributed by atoms with van der Waals surface area (Å²) in [6.45, 7) is 4.06. The van der Waals surface area contributed by atoms with E-state index in [2.05, 4.69) is 31.2 Å². The monoisotopic (exact) mass is 343 g/mol. The average molecular weight is 345 g/mol. The van der Waals surface area contributed by atoms with Crippen molar-refractivity contribution in [3.8, 4) is 0 Å². The van der Waals surface area contributed by atoms with Crippen LogP contribution in [0.4, 0.5) is 10.2 Å². The Morgan fingerprint density at radius 3 is 2.79 bits per heavy atom. The molecule has 0 saturated carbocycles. The van der Waals surface area contributed by atoms with E-state index in [1.165, 1.54) is 12.1 Å². The molecule has 0 fully saturated rings. The lowest BCUT2D eigenvalue weighted by Gasteiger charge is -2.11. The largest absolute Gasteiger partial charge is 0.366 e. The van der Waals surface area contributed by atoms with E-state index in [1.54, 1.807) is 13.0 Å². The Hall–Kier alpha value is -1.20. The third-order valence-corrected chi connectivity index (χ3v) is 3.79. The molecule has 2 aromatic rings. The highest BCUT2D eigenvalue weighted by molar-refractivity contribution is 9.10. The molecule has 0 unspecified atom stereocenters. The second kappa shape index (κ2) is 5.84. The molecule has 0 atom stereocenters. The molecular formula is C13H12BrClFN3. The molecular weight excluding hydrogens is 333 g/mol. The van der Waals surface area contributed by atoms with Gasteiger partial charge in [-0.05, 0) is 37.6 Å². The lowest BCUT2D eigenvalue weighted by atomic mass is 10.2. The molecule has 6 heteroatoms. The summed E-state index contributed by atoms with van der Waals surface area (Å²) < 4.78 is 14.0. The molecule has 19 heavy (non-hydrogen) atoms. The van der Waals surface area contributed by atoms with Crippen molar-refractivity contribution in [1.82, 2.24) is 9.97 Å². The smallest absolute Gasteiger partial charge is 0.137 e. The van der Waals surface area contributed by atoms with E-state index >= 15 is 0 Å². The van der Waals surface area contributed by atoms with E-state index in [-0.39, 0.29) is 5.82 Å². The predicted octanol–water partition coefficient (Wildman–Crippen LogP) is 4.26. The molecule has 100 valence electrons. The van der Waals surface area contributed by atoms with Gasteiger partial charge in [0.1, 0.15) is 22.6 Å². The minimum Gasteiger partial charge on any atom is -0.366 e. The zero-order chi connectivity index (χ0) is 14.0. The predicted molar refractivity (Wildman–Crippen MR) is 77.9 cm³/mol. The molecule has 1 aromatic carbocycles. The van der Waals surface area contributed by atoms with Crippen LogP contribution in [0.1, 0.15) is 17.0 Å². The van der Waals surface area contributed by atoms with Gasteiger partial charge in [0.2, 0.25) is 0 Å². The molecule has 1 N–H and O–H groups in total. The van der Waals surface area contributed by atoms with E-state index < -0.39 is 0 Å². The third kappa shape index (κ3) is 3.42. The van der Waals surface area contributed by atoms with E-state index in [0.29, 0.717) is 23.3 Å². The van der Waals surface area contributed by atoms with Gasteiger partial charge in [-0.15, -0.1) is 0 Å². The number of halogens is 3. The first kappa shape index (κ1) is 14.2. The SMILES string of the molecule is Cc1nc(Cl)c(C)c(NCc2cc(F)ccc2Br)n1. The molecule has 0 spiro atoms. The molecule has 0 aliphatic carbocycles. The summed E-state index contributed by atoms with van der Waals surface area (Å²) in [5.41, 5.74) is 1.59. The highest BCUT2D eigenvalue weighted by Gasteiger charge is 2.08. The first-order chi connectivity index (χ1) is 8.97. The summed E-state index contributed by atoms with van der Waals surface area (Å²) >= 11 is 9.38. The molecule has 0 aliphatic heterocycles. The zero-order valence-corrected chi connectivity index (χ0v) is 12.8. The Labute approximate surface area is 124 Å². The number of nitrogens with zero attached hydrogens (tertiary/aromatic N) is 2. The lowest BCUT2D eigenvalue weighted by molar-refractivity contribution is 0.625. The molecule has 1 heterocycles. The van der Waals surface area contributed by atoms with Crippen LogP contribution in [0.3, 0.4) is 0 Å². The van der Waals surface area contributed by atoms with Crippen LogP contribution in [-0.2, 0) is 6.54 Å². The summed E-state index contributed by atoms with van der Waals surface area (Å²) in [5.74, 6) is 0.985. The zero-order valence-electron chi connectivity index (χ0n) is 10.5. The van der Waals surface area contributed by atoms with E-state index in [4.69, 9.17) is 11.6 Å². The number of anilines is 1. The van der Waals surface area contributed by atoms with Crippen LogP contribution in [-0.4, -0.2) is 9.97 Å². The van der Waals surface area contributed by atoms with Crippen LogP contribution in [0.5, 0.6) is 0 Å². The number of aromatic nitrogens is 2. The molecule has 0 saturated heterocycles. The van der Waals surface area contributed by atoms with Crippen molar-refractivity contribution in [2.24, 2.45) is 0 Å². The fourth-order valence-corrected chi connectivity index (χ4v) is 2.22. The van der Waals surface area contributed by atoms with Gasteiger partial charge in [-0.25, -0.2) is 14.4 Å². The average Bonchev–Trinajstić information content (AvgIpc) is 2.35. The van der Waals surface area contributed by atoms with Gasteiger partial charge in [0.05, 0.1) is 0 Å². The van der Waals surface area contributed by atoms with Crippen molar-refractivity contribution in [2.45, 2.75) is 20.4 Å². The Bertz CT molecular complexity index is 619. The maximum Gasteiger partial charge on any atom is 0.137 e. The van der Waals surface area contributed by atoms with Crippen molar-refractivity contribution >= 4 is 33.3 Å². The van der Waals surface area contributed by atoms with Gasteiger partial charge in [-0.1, -0.05) is 27.5 Å². The topological polar surface area (TPSA) is 37.8 Å². The fourth-order valence-electron chi connectivity index (χ4n) is 1.62. The Morgan fingerprint density at radius 2 is 2.05 bits per heavy atom. The molecule has 0 amide bonds. The summed E-state index contributed by atoms with van der Waals surface area (Å²) in [5, 5.41) is 3.57. The standard InChI is InChI=1S/C13H12BrClFN3/c1-7-12(15)18-8(2)19-13(7)17-6-9-5-10(16)3-4-11(9)14/h3-5H,6H2,1-2H3,(H,17,18,19). The number of hydrogen-bond acceptors (Lipinski definition) is 3. The Morgan fingerprint density at radius 1 is 1.32 bits per heavy atom. The number of nitrogens with one attached hydrogen (secondary N) is 1. The van der Waals surface area contributed by atoms with Crippen LogP contribution < -0.4 is 5.32 Å². The molecule has 0 bridgehead atoms. The molecule has 1 aromatic heterocycles. The van der Waals surface area contributed by atoms with E-state index in [9.17, 15) is 4.39 Å². The van der Waals surface area contributed by atoms with Crippen LogP contribution in [0.25, 0.3) is 0 Å².